The van der Waals surface area contributed by atoms with Crippen LogP contribution in [-0.2, 0) is 11.3 Å². The Bertz CT molecular complexity index is 838. The first-order chi connectivity index (χ1) is 14.2. The van der Waals surface area contributed by atoms with Crippen LogP contribution in [0.4, 0.5) is 0 Å². The van der Waals surface area contributed by atoms with Gasteiger partial charge >= 0.3 is 0 Å². The highest BCUT2D eigenvalue weighted by molar-refractivity contribution is 6.01. The summed E-state index contributed by atoms with van der Waals surface area (Å²) in [6.45, 7) is 4.00. The molecule has 154 valence electrons. The lowest BCUT2D eigenvalue weighted by Crippen LogP contribution is -2.26. The molecule has 0 atom stereocenters. The van der Waals surface area contributed by atoms with Crippen molar-refractivity contribution >= 4 is 12.0 Å². The summed E-state index contributed by atoms with van der Waals surface area (Å²) < 4.78 is 13.1. The molecule has 7 nitrogen and oxygen atoms in total. The van der Waals surface area contributed by atoms with E-state index in [1.165, 1.54) is 0 Å². The number of aromatic nitrogens is 2. The summed E-state index contributed by atoms with van der Waals surface area (Å²) in [5, 5.41) is 12.1. The van der Waals surface area contributed by atoms with Crippen molar-refractivity contribution in [3.63, 3.8) is 0 Å². The highest BCUT2D eigenvalue weighted by Crippen LogP contribution is 2.29. The van der Waals surface area contributed by atoms with Crippen molar-refractivity contribution in [3.8, 4) is 17.6 Å². The fourth-order valence-electron chi connectivity index (χ4n) is 2.72. The molecular formula is C22H28N4O3. The van der Waals surface area contributed by atoms with E-state index in [2.05, 4.69) is 17.2 Å². The number of amides is 1. The van der Waals surface area contributed by atoms with E-state index in [4.69, 9.17) is 9.47 Å². The van der Waals surface area contributed by atoms with Gasteiger partial charge in [-0.15, -0.1) is 0 Å². The number of rotatable bonds is 12. The van der Waals surface area contributed by atoms with E-state index in [-0.39, 0.29) is 5.57 Å². The van der Waals surface area contributed by atoms with Crippen LogP contribution in [0.5, 0.6) is 11.5 Å². The Hall–Kier alpha value is -3.27. The number of imidazole rings is 1. The number of ether oxygens (including phenoxy) is 2. The number of unbranched alkanes of at least 4 members (excludes halogenated alkanes) is 2. The summed E-state index contributed by atoms with van der Waals surface area (Å²) in [5.41, 5.74) is 0.749. The number of nitriles is 1. The second kappa shape index (κ2) is 12.2. The van der Waals surface area contributed by atoms with Crippen LogP contribution < -0.4 is 14.8 Å². The number of nitrogens with one attached hydrogen (secondary N) is 1. The van der Waals surface area contributed by atoms with E-state index >= 15 is 0 Å². The molecule has 29 heavy (non-hydrogen) atoms. The number of nitrogens with zero attached hydrogens (tertiary/aromatic N) is 3. The average Bonchev–Trinajstić information content (AvgIpc) is 3.26. The molecular weight excluding hydrogens is 368 g/mol. The lowest BCUT2D eigenvalue weighted by atomic mass is 10.1. The molecule has 1 heterocycles. The first-order valence-corrected chi connectivity index (χ1v) is 9.84. The summed E-state index contributed by atoms with van der Waals surface area (Å²) in [6, 6.07) is 7.34. The number of hydrogen-bond acceptors (Lipinski definition) is 5. The second-order valence-electron chi connectivity index (χ2n) is 6.55. The van der Waals surface area contributed by atoms with Crippen molar-refractivity contribution in [1.29, 1.82) is 5.26 Å². The first-order valence-electron chi connectivity index (χ1n) is 9.84. The molecule has 2 rings (SSSR count). The monoisotopic (exact) mass is 396 g/mol. The normalized spacial score (nSPS) is 11.0. The minimum Gasteiger partial charge on any atom is -0.493 e. The summed E-state index contributed by atoms with van der Waals surface area (Å²) in [5.74, 6) is 0.841. The van der Waals surface area contributed by atoms with Gasteiger partial charge in [0.15, 0.2) is 11.5 Å². The zero-order valence-electron chi connectivity index (χ0n) is 17.1. The van der Waals surface area contributed by atoms with Crippen LogP contribution in [0, 0.1) is 11.3 Å². The van der Waals surface area contributed by atoms with Gasteiger partial charge < -0.3 is 19.4 Å². The maximum atomic E-state index is 12.3. The standard InChI is InChI=1S/C22H28N4O3/c1-3-4-5-13-29-20-8-7-18(15-21(20)28-2)14-19(16-23)22(27)25-9-6-11-26-12-10-24-17-26/h7-8,10,12,14-15,17H,3-6,9,11,13H2,1-2H3,(H,25,27)/b19-14-. The van der Waals surface area contributed by atoms with Crippen molar-refractivity contribution < 1.29 is 14.3 Å². The third-order valence-corrected chi connectivity index (χ3v) is 4.31. The highest BCUT2D eigenvalue weighted by Gasteiger charge is 2.10. The molecule has 0 spiro atoms. The van der Waals surface area contributed by atoms with Gasteiger partial charge in [-0.1, -0.05) is 25.8 Å². The number of aryl methyl sites for hydroxylation is 1. The Morgan fingerprint density at radius 2 is 2.17 bits per heavy atom. The van der Waals surface area contributed by atoms with Crippen molar-refractivity contribution in [1.82, 2.24) is 14.9 Å². The minimum absolute atomic E-state index is 0.0475. The van der Waals surface area contributed by atoms with Gasteiger partial charge in [-0.2, -0.15) is 5.26 Å². The van der Waals surface area contributed by atoms with Gasteiger partial charge in [0.05, 0.1) is 20.0 Å². The van der Waals surface area contributed by atoms with Gasteiger partial charge in [-0.3, -0.25) is 4.79 Å². The number of carbonyl (C=O) groups excluding carboxylic acids is 1. The quantitative estimate of drug-likeness (QED) is 0.336. The molecule has 1 N–H and O–H groups in total. The Balaban J connectivity index is 1.93. The summed E-state index contributed by atoms with van der Waals surface area (Å²) in [4.78, 5) is 16.3. The van der Waals surface area contributed by atoms with Crippen LogP contribution in [0.3, 0.4) is 0 Å². The van der Waals surface area contributed by atoms with Crippen molar-refractivity contribution in [2.45, 2.75) is 39.2 Å². The van der Waals surface area contributed by atoms with Crippen molar-refractivity contribution in [3.05, 3.63) is 48.1 Å². The summed E-state index contributed by atoms with van der Waals surface area (Å²) in [6.07, 6.45) is 10.8. The molecule has 1 aromatic heterocycles. The molecule has 0 saturated carbocycles. The molecule has 0 fully saturated rings. The third-order valence-electron chi connectivity index (χ3n) is 4.31. The zero-order chi connectivity index (χ0) is 20.9. The van der Waals surface area contributed by atoms with E-state index in [0.29, 0.717) is 30.2 Å². The van der Waals surface area contributed by atoms with Gasteiger partial charge in [-0.05, 0) is 36.6 Å². The molecule has 0 aliphatic rings. The molecule has 0 unspecified atom stereocenters. The first kappa shape index (κ1) is 22.0. The predicted octanol–water partition coefficient (Wildman–Crippen LogP) is 3.57. The predicted molar refractivity (Wildman–Crippen MR) is 111 cm³/mol. The van der Waals surface area contributed by atoms with Crippen LogP contribution in [0.2, 0.25) is 0 Å². The fourth-order valence-corrected chi connectivity index (χ4v) is 2.72. The number of methoxy groups -OCH3 is 1. The largest absolute Gasteiger partial charge is 0.493 e. The highest BCUT2D eigenvalue weighted by atomic mass is 16.5. The Morgan fingerprint density at radius 3 is 2.86 bits per heavy atom. The molecule has 0 saturated heterocycles. The summed E-state index contributed by atoms with van der Waals surface area (Å²) in [7, 11) is 1.57. The van der Waals surface area contributed by atoms with E-state index in [0.717, 1.165) is 32.2 Å². The van der Waals surface area contributed by atoms with Gasteiger partial charge in [-0.25, -0.2) is 4.98 Å². The molecule has 1 aromatic carbocycles. The number of hydrogen-bond donors (Lipinski definition) is 1. The topological polar surface area (TPSA) is 89.2 Å². The van der Waals surface area contributed by atoms with E-state index in [9.17, 15) is 10.1 Å². The van der Waals surface area contributed by atoms with Crippen LogP contribution in [-0.4, -0.2) is 35.7 Å². The van der Waals surface area contributed by atoms with Crippen molar-refractivity contribution in [2.75, 3.05) is 20.3 Å². The van der Waals surface area contributed by atoms with Crippen LogP contribution in [0.15, 0.2) is 42.5 Å². The van der Waals surface area contributed by atoms with Gasteiger partial charge in [0.25, 0.3) is 5.91 Å². The van der Waals surface area contributed by atoms with E-state index in [1.807, 2.05) is 16.8 Å². The molecule has 1 amide bonds. The Kier molecular flexibility index (Phi) is 9.30. The smallest absolute Gasteiger partial charge is 0.261 e. The zero-order valence-corrected chi connectivity index (χ0v) is 17.1. The molecule has 0 aliphatic carbocycles. The Morgan fingerprint density at radius 1 is 1.31 bits per heavy atom. The maximum absolute atomic E-state index is 12.3. The molecule has 0 bridgehead atoms. The van der Waals surface area contributed by atoms with E-state index < -0.39 is 5.91 Å². The lowest BCUT2D eigenvalue weighted by Gasteiger charge is -2.11. The van der Waals surface area contributed by atoms with Crippen LogP contribution in [0.25, 0.3) is 6.08 Å². The second-order valence-corrected chi connectivity index (χ2v) is 6.55. The molecule has 7 heteroatoms. The van der Waals surface area contributed by atoms with Gasteiger partial charge in [0, 0.05) is 25.5 Å². The van der Waals surface area contributed by atoms with Gasteiger partial charge in [0.2, 0.25) is 0 Å². The molecule has 2 aromatic rings. The van der Waals surface area contributed by atoms with E-state index in [1.54, 1.807) is 43.9 Å². The minimum atomic E-state index is -0.392. The number of benzene rings is 1. The number of carbonyl (C=O) groups is 1. The lowest BCUT2D eigenvalue weighted by molar-refractivity contribution is -0.117. The third kappa shape index (κ3) is 7.34. The van der Waals surface area contributed by atoms with Crippen LogP contribution >= 0.6 is 0 Å². The molecule has 0 aliphatic heterocycles. The van der Waals surface area contributed by atoms with Gasteiger partial charge in [0.1, 0.15) is 11.6 Å². The fraction of sp³-hybridized carbons (Fsp3) is 0.409. The summed E-state index contributed by atoms with van der Waals surface area (Å²) >= 11 is 0. The average molecular weight is 396 g/mol. The van der Waals surface area contributed by atoms with Crippen molar-refractivity contribution in [2.24, 2.45) is 0 Å². The Labute approximate surface area is 172 Å². The SMILES string of the molecule is CCCCCOc1ccc(/C=C(/C#N)C(=O)NCCCn2ccnc2)cc1OC. The van der Waals surface area contributed by atoms with Crippen LogP contribution in [0.1, 0.15) is 38.2 Å². The maximum Gasteiger partial charge on any atom is 0.261 e. The molecule has 0 radical (unpaired) electrons.